The number of methoxy groups -OCH3 is 1. The maximum absolute atomic E-state index is 10.8. The van der Waals surface area contributed by atoms with Crippen LogP contribution in [0.15, 0.2) is 18.7 Å². The molecule has 0 radical (unpaired) electrons. The van der Waals surface area contributed by atoms with Gasteiger partial charge in [-0.25, -0.2) is 4.98 Å². The number of aromatic nitrogens is 2. The van der Waals surface area contributed by atoms with Crippen molar-refractivity contribution in [1.29, 1.82) is 0 Å². The molecule has 1 aromatic heterocycles. The predicted octanol–water partition coefficient (Wildman–Crippen LogP) is 0.0342. The zero-order valence-electron chi connectivity index (χ0n) is 8.43. The van der Waals surface area contributed by atoms with Crippen LogP contribution in [0, 0.1) is 0 Å². The molecule has 0 amide bonds. The van der Waals surface area contributed by atoms with Gasteiger partial charge in [0.2, 0.25) is 0 Å². The van der Waals surface area contributed by atoms with E-state index >= 15 is 0 Å². The van der Waals surface area contributed by atoms with Gasteiger partial charge in [-0.15, -0.1) is 0 Å². The molecule has 14 heavy (non-hydrogen) atoms. The molecular formula is C9H15N3O2. The molecule has 78 valence electrons. The third-order valence-corrected chi connectivity index (χ3v) is 1.87. The van der Waals surface area contributed by atoms with Crippen LogP contribution in [0.5, 0.6) is 0 Å². The molecule has 0 saturated carbocycles. The van der Waals surface area contributed by atoms with Gasteiger partial charge in [0, 0.05) is 25.0 Å². The van der Waals surface area contributed by atoms with Crippen molar-refractivity contribution in [3.63, 3.8) is 0 Å². The number of imidazole rings is 1. The zero-order chi connectivity index (χ0) is 10.4. The molecule has 0 spiro atoms. The summed E-state index contributed by atoms with van der Waals surface area (Å²) in [5.74, 6) is -0.248. The van der Waals surface area contributed by atoms with E-state index in [-0.39, 0.29) is 18.6 Å². The first kappa shape index (κ1) is 10.7. The minimum Gasteiger partial charge on any atom is -0.468 e. The summed E-state index contributed by atoms with van der Waals surface area (Å²) < 4.78 is 6.47. The fourth-order valence-corrected chi connectivity index (χ4v) is 1.11. The smallest absolute Gasteiger partial charge is 0.319 e. The van der Waals surface area contributed by atoms with Gasteiger partial charge in [-0.1, -0.05) is 0 Å². The van der Waals surface area contributed by atoms with Crippen molar-refractivity contribution >= 4 is 5.97 Å². The van der Waals surface area contributed by atoms with Gasteiger partial charge in [-0.2, -0.15) is 0 Å². The Morgan fingerprint density at radius 1 is 1.71 bits per heavy atom. The van der Waals surface area contributed by atoms with Crippen LogP contribution < -0.4 is 5.32 Å². The van der Waals surface area contributed by atoms with Crippen molar-refractivity contribution < 1.29 is 9.53 Å². The fraction of sp³-hybridized carbons (Fsp3) is 0.556. The summed E-state index contributed by atoms with van der Waals surface area (Å²) >= 11 is 0. The molecule has 0 bridgehead atoms. The van der Waals surface area contributed by atoms with Crippen LogP contribution in [0.3, 0.4) is 0 Å². The molecule has 0 fully saturated rings. The van der Waals surface area contributed by atoms with Crippen LogP contribution in [0.1, 0.15) is 6.92 Å². The van der Waals surface area contributed by atoms with Crippen LogP contribution in [-0.2, 0) is 16.1 Å². The second-order valence-corrected chi connectivity index (χ2v) is 3.12. The van der Waals surface area contributed by atoms with Gasteiger partial charge >= 0.3 is 5.97 Å². The maximum atomic E-state index is 10.8. The lowest BCUT2D eigenvalue weighted by Crippen LogP contribution is -2.34. The van der Waals surface area contributed by atoms with Crippen molar-refractivity contribution in [3.8, 4) is 0 Å². The average molecular weight is 197 g/mol. The first-order valence-corrected chi connectivity index (χ1v) is 4.48. The van der Waals surface area contributed by atoms with Gasteiger partial charge in [0.25, 0.3) is 0 Å². The Bertz CT molecular complexity index is 272. The number of esters is 1. The lowest BCUT2D eigenvalue weighted by Gasteiger charge is -2.12. The third-order valence-electron chi connectivity index (χ3n) is 1.87. The molecule has 1 heterocycles. The molecule has 0 aliphatic carbocycles. The minimum atomic E-state index is -0.248. The van der Waals surface area contributed by atoms with E-state index in [0.29, 0.717) is 0 Å². The van der Waals surface area contributed by atoms with Gasteiger partial charge < -0.3 is 14.6 Å². The number of carbonyl (C=O) groups is 1. The van der Waals surface area contributed by atoms with Gasteiger partial charge in [-0.05, 0) is 6.92 Å². The van der Waals surface area contributed by atoms with Crippen molar-refractivity contribution in [1.82, 2.24) is 14.9 Å². The Kier molecular flexibility index (Phi) is 4.12. The van der Waals surface area contributed by atoms with E-state index in [2.05, 4.69) is 15.0 Å². The number of rotatable bonds is 5. The SMILES string of the molecule is COC(=O)CNC(C)Cn1ccnc1. The second kappa shape index (κ2) is 5.39. The number of hydrogen-bond donors (Lipinski definition) is 1. The molecule has 0 aliphatic heterocycles. The Balaban J connectivity index is 2.22. The topological polar surface area (TPSA) is 56.1 Å². The third kappa shape index (κ3) is 3.57. The van der Waals surface area contributed by atoms with Crippen LogP contribution in [0.2, 0.25) is 0 Å². The molecule has 1 rings (SSSR count). The van der Waals surface area contributed by atoms with Gasteiger partial charge in [0.1, 0.15) is 0 Å². The lowest BCUT2D eigenvalue weighted by molar-refractivity contribution is -0.139. The number of hydrogen-bond acceptors (Lipinski definition) is 4. The van der Waals surface area contributed by atoms with E-state index in [9.17, 15) is 4.79 Å². The Morgan fingerprint density at radius 2 is 2.50 bits per heavy atom. The van der Waals surface area contributed by atoms with E-state index in [0.717, 1.165) is 6.54 Å². The van der Waals surface area contributed by atoms with E-state index in [1.54, 1.807) is 12.5 Å². The number of nitrogens with zero attached hydrogens (tertiary/aromatic N) is 2. The summed E-state index contributed by atoms with van der Waals surface area (Å²) in [6.45, 7) is 3.03. The standard InChI is InChI=1S/C9H15N3O2/c1-8(11-5-9(13)14-2)6-12-4-3-10-7-12/h3-4,7-8,11H,5-6H2,1-2H3. The van der Waals surface area contributed by atoms with E-state index < -0.39 is 0 Å². The lowest BCUT2D eigenvalue weighted by atomic mass is 10.3. The summed E-state index contributed by atoms with van der Waals surface area (Å²) in [5, 5.41) is 3.05. The van der Waals surface area contributed by atoms with Crippen LogP contribution in [0.4, 0.5) is 0 Å². The maximum Gasteiger partial charge on any atom is 0.319 e. The van der Waals surface area contributed by atoms with Crippen molar-refractivity contribution in [2.24, 2.45) is 0 Å². The molecule has 0 aliphatic rings. The highest BCUT2D eigenvalue weighted by atomic mass is 16.5. The molecule has 1 atom stereocenters. The second-order valence-electron chi connectivity index (χ2n) is 3.12. The van der Waals surface area contributed by atoms with Crippen LogP contribution in [0.25, 0.3) is 0 Å². The Morgan fingerprint density at radius 3 is 3.07 bits per heavy atom. The monoisotopic (exact) mass is 197 g/mol. The number of nitrogens with one attached hydrogen (secondary N) is 1. The summed E-state index contributed by atoms with van der Waals surface area (Å²) in [6.07, 6.45) is 5.36. The summed E-state index contributed by atoms with van der Waals surface area (Å²) in [6, 6.07) is 0.211. The molecule has 0 saturated heterocycles. The molecule has 1 unspecified atom stereocenters. The van der Waals surface area contributed by atoms with E-state index in [1.807, 2.05) is 17.7 Å². The van der Waals surface area contributed by atoms with Gasteiger partial charge in [0.05, 0.1) is 20.0 Å². The normalized spacial score (nSPS) is 12.4. The summed E-state index contributed by atoms with van der Waals surface area (Å²) in [5.41, 5.74) is 0. The highest BCUT2D eigenvalue weighted by molar-refractivity contribution is 5.71. The summed E-state index contributed by atoms with van der Waals surface area (Å²) in [4.78, 5) is 14.7. The molecule has 5 heteroatoms. The number of ether oxygens (including phenoxy) is 1. The Hall–Kier alpha value is -1.36. The first-order chi connectivity index (χ1) is 6.72. The molecule has 0 aromatic carbocycles. The zero-order valence-corrected chi connectivity index (χ0v) is 8.43. The highest BCUT2D eigenvalue weighted by Gasteiger charge is 2.05. The largest absolute Gasteiger partial charge is 0.468 e. The molecule has 5 nitrogen and oxygen atoms in total. The molecular weight excluding hydrogens is 182 g/mol. The summed E-state index contributed by atoms with van der Waals surface area (Å²) in [7, 11) is 1.38. The van der Waals surface area contributed by atoms with Crippen molar-refractivity contribution in [3.05, 3.63) is 18.7 Å². The predicted molar refractivity (Wildman–Crippen MR) is 51.7 cm³/mol. The van der Waals surface area contributed by atoms with Crippen LogP contribution in [-0.4, -0.2) is 35.2 Å². The first-order valence-electron chi connectivity index (χ1n) is 4.48. The van der Waals surface area contributed by atoms with Crippen molar-refractivity contribution in [2.75, 3.05) is 13.7 Å². The van der Waals surface area contributed by atoms with Crippen LogP contribution >= 0.6 is 0 Å². The molecule has 1 N–H and O–H groups in total. The quantitative estimate of drug-likeness (QED) is 0.677. The van der Waals surface area contributed by atoms with Crippen molar-refractivity contribution in [2.45, 2.75) is 19.5 Å². The fourth-order valence-electron chi connectivity index (χ4n) is 1.11. The van der Waals surface area contributed by atoms with E-state index in [1.165, 1.54) is 7.11 Å². The molecule has 1 aromatic rings. The Labute approximate surface area is 83.1 Å². The van der Waals surface area contributed by atoms with Gasteiger partial charge in [-0.3, -0.25) is 4.79 Å². The minimum absolute atomic E-state index is 0.211. The average Bonchev–Trinajstić information content (AvgIpc) is 2.66. The van der Waals surface area contributed by atoms with Gasteiger partial charge in [0.15, 0.2) is 0 Å². The highest BCUT2D eigenvalue weighted by Crippen LogP contribution is 1.91. The number of carbonyl (C=O) groups excluding carboxylic acids is 1. The van der Waals surface area contributed by atoms with E-state index in [4.69, 9.17) is 0 Å².